The Bertz CT molecular complexity index is 890. The van der Waals surface area contributed by atoms with Crippen LogP contribution in [0.2, 0.25) is 0 Å². The third-order valence-corrected chi connectivity index (χ3v) is 4.51. The van der Waals surface area contributed by atoms with Crippen LogP contribution >= 0.6 is 11.6 Å². The molecule has 0 saturated heterocycles. The molecule has 0 radical (unpaired) electrons. The molecule has 25 heavy (non-hydrogen) atoms. The van der Waals surface area contributed by atoms with Crippen LogP contribution in [0.4, 0.5) is 5.69 Å². The van der Waals surface area contributed by atoms with E-state index in [2.05, 4.69) is 5.32 Å². The summed E-state index contributed by atoms with van der Waals surface area (Å²) in [4.78, 5) is 34.4. The Hall–Kier alpha value is -2.99. The summed E-state index contributed by atoms with van der Waals surface area (Å²) in [6.45, 7) is 0.205. The predicted molar refractivity (Wildman–Crippen MR) is 93.4 cm³/mol. The summed E-state index contributed by atoms with van der Waals surface area (Å²) in [6.07, 6.45) is 0.623. The molecule has 0 aliphatic carbocycles. The predicted octanol–water partition coefficient (Wildman–Crippen LogP) is 3.27. The highest BCUT2D eigenvalue weighted by molar-refractivity contribution is 6.50. The lowest BCUT2D eigenvalue weighted by atomic mass is 9.88. The molecule has 3 rings (SSSR count). The van der Waals surface area contributed by atoms with Crippen molar-refractivity contribution in [3.63, 3.8) is 0 Å². The van der Waals surface area contributed by atoms with E-state index in [0.29, 0.717) is 23.0 Å². The number of non-ortho nitro benzene ring substituents is 1. The fourth-order valence-electron chi connectivity index (χ4n) is 2.82. The lowest BCUT2D eigenvalue weighted by Gasteiger charge is -2.17. The summed E-state index contributed by atoms with van der Waals surface area (Å²) >= 11 is 6.29. The number of fused-ring (bicyclic) bond motifs is 1. The van der Waals surface area contributed by atoms with Gasteiger partial charge in [-0.1, -0.05) is 35.9 Å². The first-order valence-electron chi connectivity index (χ1n) is 7.49. The van der Waals surface area contributed by atoms with Crippen LogP contribution in [-0.2, 0) is 4.79 Å². The third kappa shape index (κ3) is 3.16. The molecule has 126 valence electrons. The number of hydrogen-bond acceptors (Lipinski definition) is 5. The number of carbonyl (C=O) groups excluding carboxylic acids is 2. The molecule has 1 N–H and O–H groups in total. The molecule has 0 spiro atoms. The van der Waals surface area contributed by atoms with Crippen molar-refractivity contribution in [3.8, 4) is 0 Å². The highest BCUT2D eigenvalue weighted by atomic mass is 35.5. The van der Waals surface area contributed by atoms with Gasteiger partial charge >= 0.3 is 0 Å². The number of Topliss-reactive ketones (excluding diaryl/α,β-unsaturated/α-hetero) is 1. The number of carbonyl (C=O) groups is 2. The van der Waals surface area contributed by atoms with E-state index in [0.717, 1.165) is 0 Å². The van der Waals surface area contributed by atoms with Gasteiger partial charge in [0, 0.05) is 24.2 Å². The Kier molecular flexibility index (Phi) is 4.63. The summed E-state index contributed by atoms with van der Waals surface area (Å²) in [6, 6.07) is 12.6. The van der Waals surface area contributed by atoms with E-state index >= 15 is 0 Å². The molecule has 1 aliphatic heterocycles. The molecule has 1 atom stereocenters. The van der Waals surface area contributed by atoms with Crippen molar-refractivity contribution in [2.24, 2.45) is 0 Å². The molecule has 0 amide bonds. The van der Waals surface area contributed by atoms with Crippen LogP contribution in [0.5, 0.6) is 0 Å². The fraction of sp³-hybridized carbons (Fsp3) is 0.111. The topological polar surface area (TPSA) is 89.3 Å². The number of ketones is 1. The Morgan fingerprint density at radius 2 is 1.88 bits per heavy atom. The molecule has 0 saturated carbocycles. The number of halogens is 1. The quantitative estimate of drug-likeness (QED) is 0.393. The number of nitrogens with zero attached hydrogens (tertiary/aromatic N) is 1. The number of nitrogens with one attached hydrogen (secondary N) is 1. The van der Waals surface area contributed by atoms with Gasteiger partial charge in [-0.3, -0.25) is 19.7 Å². The van der Waals surface area contributed by atoms with Crippen molar-refractivity contribution in [1.29, 1.82) is 0 Å². The van der Waals surface area contributed by atoms with Crippen LogP contribution in [0, 0.1) is 10.1 Å². The average molecular weight is 357 g/mol. The van der Waals surface area contributed by atoms with Gasteiger partial charge < -0.3 is 5.32 Å². The summed E-state index contributed by atoms with van der Waals surface area (Å²) < 4.78 is 0. The molecular formula is C18H13ClN2O4. The van der Waals surface area contributed by atoms with Gasteiger partial charge in [0.1, 0.15) is 0 Å². The lowest BCUT2D eigenvalue weighted by molar-refractivity contribution is -0.384. The van der Waals surface area contributed by atoms with Gasteiger partial charge in [0.15, 0.2) is 12.1 Å². The number of allylic oxidation sites excluding steroid dienone is 1. The zero-order valence-corrected chi connectivity index (χ0v) is 13.7. The van der Waals surface area contributed by atoms with Crippen LogP contribution in [0.3, 0.4) is 0 Å². The van der Waals surface area contributed by atoms with Crippen LogP contribution in [0.1, 0.15) is 27.4 Å². The number of nitro groups is 1. The molecule has 0 fully saturated rings. The van der Waals surface area contributed by atoms with Crippen molar-refractivity contribution in [2.75, 3.05) is 6.54 Å². The summed E-state index contributed by atoms with van der Waals surface area (Å²) in [5.74, 6) is -0.768. The normalized spacial score (nSPS) is 16.4. The number of rotatable bonds is 4. The van der Waals surface area contributed by atoms with E-state index in [4.69, 9.17) is 11.6 Å². The van der Waals surface area contributed by atoms with Gasteiger partial charge in [-0.2, -0.15) is 0 Å². The van der Waals surface area contributed by atoms with E-state index in [1.807, 2.05) is 0 Å². The third-order valence-electron chi connectivity index (χ3n) is 4.10. The largest absolute Gasteiger partial charge is 0.380 e. The second-order valence-corrected chi connectivity index (χ2v) is 5.91. The first kappa shape index (κ1) is 16.9. The molecule has 1 unspecified atom stereocenters. The fourth-order valence-corrected chi connectivity index (χ4v) is 3.10. The number of nitro benzene ring substituents is 1. The van der Waals surface area contributed by atoms with Crippen molar-refractivity contribution >= 4 is 34.4 Å². The van der Waals surface area contributed by atoms with Crippen molar-refractivity contribution in [1.82, 2.24) is 5.32 Å². The molecule has 0 bridgehead atoms. The highest BCUT2D eigenvalue weighted by Gasteiger charge is 2.28. The highest BCUT2D eigenvalue weighted by Crippen LogP contribution is 2.34. The SMILES string of the molecule is O=CC1=C(Cl)c2ccccc2C(C(=O)c2ccc([N+](=O)[O-])cc2)CN1. The van der Waals surface area contributed by atoms with Crippen LogP contribution in [0.15, 0.2) is 54.2 Å². The van der Waals surface area contributed by atoms with E-state index in [1.165, 1.54) is 24.3 Å². The van der Waals surface area contributed by atoms with E-state index in [-0.39, 0.29) is 28.7 Å². The molecule has 1 heterocycles. The standard InChI is InChI=1S/C18H13ClN2O4/c19-17-14-4-2-1-3-13(14)15(9-20-16(17)10-22)18(23)11-5-7-12(8-6-11)21(24)25/h1-8,10,15,20H,9H2. The number of benzene rings is 2. The van der Waals surface area contributed by atoms with Crippen LogP contribution in [-0.4, -0.2) is 23.5 Å². The van der Waals surface area contributed by atoms with Crippen molar-refractivity contribution in [3.05, 3.63) is 81.0 Å². The van der Waals surface area contributed by atoms with E-state index < -0.39 is 10.8 Å². The minimum Gasteiger partial charge on any atom is -0.380 e. The minimum atomic E-state index is -0.566. The Morgan fingerprint density at radius 1 is 1.20 bits per heavy atom. The molecule has 1 aliphatic rings. The van der Waals surface area contributed by atoms with E-state index in [1.54, 1.807) is 24.3 Å². The summed E-state index contributed by atoms with van der Waals surface area (Å²) in [7, 11) is 0. The van der Waals surface area contributed by atoms with Gasteiger partial charge in [-0.25, -0.2) is 0 Å². The van der Waals surface area contributed by atoms with E-state index in [9.17, 15) is 19.7 Å². The second kappa shape index (κ2) is 6.86. The zero-order valence-electron chi connectivity index (χ0n) is 12.9. The Labute approximate surface area is 148 Å². The maximum absolute atomic E-state index is 12.9. The van der Waals surface area contributed by atoms with Crippen LogP contribution in [0.25, 0.3) is 5.03 Å². The molecule has 2 aromatic carbocycles. The Morgan fingerprint density at radius 3 is 2.52 bits per heavy atom. The smallest absolute Gasteiger partial charge is 0.269 e. The molecule has 2 aromatic rings. The maximum Gasteiger partial charge on any atom is 0.269 e. The van der Waals surface area contributed by atoms with Crippen molar-refractivity contribution < 1.29 is 14.5 Å². The minimum absolute atomic E-state index is 0.0797. The first-order valence-corrected chi connectivity index (χ1v) is 7.87. The zero-order chi connectivity index (χ0) is 18.0. The Balaban J connectivity index is 2.00. The van der Waals surface area contributed by atoms with Gasteiger partial charge in [-0.15, -0.1) is 0 Å². The van der Waals surface area contributed by atoms with Gasteiger partial charge in [0.2, 0.25) is 0 Å². The maximum atomic E-state index is 12.9. The molecule has 0 aromatic heterocycles. The number of hydrogen-bond donors (Lipinski definition) is 1. The average Bonchev–Trinajstić information content (AvgIpc) is 2.78. The lowest BCUT2D eigenvalue weighted by Crippen LogP contribution is -2.26. The molecule has 7 heteroatoms. The molecule has 6 nitrogen and oxygen atoms in total. The first-order chi connectivity index (χ1) is 12.0. The summed E-state index contributed by atoms with van der Waals surface area (Å²) in [5, 5.41) is 13.9. The second-order valence-electron chi connectivity index (χ2n) is 5.53. The number of aldehydes is 1. The van der Waals surface area contributed by atoms with Gasteiger partial charge in [0.05, 0.1) is 21.6 Å². The van der Waals surface area contributed by atoms with Gasteiger partial charge in [0.25, 0.3) is 5.69 Å². The van der Waals surface area contributed by atoms with Gasteiger partial charge in [-0.05, 0) is 23.3 Å². The van der Waals surface area contributed by atoms with Crippen molar-refractivity contribution in [2.45, 2.75) is 5.92 Å². The van der Waals surface area contributed by atoms with Crippen LogP contribution < -0.4 is 5.32 Å². The monoisotopic (exact) mass is 356 g/mol. The summed E-state index contributed by atoms with van der Waals surface area (Å²) in [5.41, 5.74) is 1.84. The molecular weight excluding hydrogens is 344 g/mol.